The first-order chi connectivity index (χ1) is 10.7. The molecule has 0 saturated carbocycles. The normalized spacial score (nSPS) is 19.1. The fraction of sp³-hybridized carbons (Fsp3) is 0.278. The maximum Gasteiger partial charge on any atom is 0.135 e. The Labute approximate surface area is 134 Å². The third kappa shape index (κ3) is 2.31. The smallest absolute Gasteiger partial charge is 0.135 e. The van der Waals surface area contributed by atoms with Gasteiger partial charge in [0.25, 0.3) is 0 Å². The first-order valence-corrected chi connectivity index (χ1v) is 7.95. The average Bonchev–Trinajstić information content (AvgIpc) is 3.13. The van der Waals surface area contributed by atoms with Crippen molar-refractivity contribution in [1.29, 1.82) is 0 Å². The number of nitrogens with zero attached hydrogens (tertiary/aromatic N) is 2. The lowest BCUT2D eigenvalue weighted by Crippen LogP contribution is -2.18. The third-order valence-electron chi connectivity index (χ3n) is 4.47. The second-order valence-corrected chi connectivity index (χ2v) is 6.27. The summed E-state index contributed by atoms with van der Waals surface area (Å²) in [6, 6.07) is 12.4. The Morgan fingerprint density at radius 3 is 2.91 bits per heavy atom. The number of furan rings is 1. The van der Waals surface area contributed by atoms with Crippen LogP contribution in [0.2, 0.25) is 5.15 Å². The predicted octanol–water partition coefficient (Wildman–Crippen LogP) is 4.91. The number of pyridine rings is 1. The van der Waals surface area contributed by atoms with Crippen molar-refractivity contribution in [3.63, 3.8) is 0 Å². The molecule has 3 heterocycles. The zero-order valence-corrected chi connectivity index (χ0v) is 13.2. The van der Waals surface area contributed by atoms with E-state index >= 15 is 0 Å². The van der Waals surface area contributed by atoms with E-state index in [9.17, 15) is 0 Å². The summed E-state index contributed by atoms with van der Waals surface area (Å²) < 4.78 is 6.04. The molecule has 0 N–H and O–H groups in total. The van der Waals surface area contributed by atoms with E-state index in [1.165, 1.54) is 12.0 Å². The van der Waals surface area contributed by atoms with Crippen molar-refractivity contribution in [3.8, 4) is 11.3 Å². The summed E-state index contributed by atoms with van der Waals surface area (Å²) >= 11 is 6.14. The highest BCUT2D eigenvalue weighted by Crippen LogP contribution is 2.39. The summed E-state index contributed by atoms with van der Waals surface area (Å²) in [7, 11) is 2.16. The number of halogens is 1. The van der Waals surface area contributed by atoms with Gasteiger partial charge in [0.2, 0.25) is 0 Å². The predicted molar refractivity (Wildman–Crippen MR) is 89.1 cm³/mol. The number of para-hydroxylation sites is 1. The molecular formula is C18H17ClN2O. The van der Waals surface area contributed by atoms with Gasteiger partial charge in [-0.3, -0.25) is 4.90 Å². The minimum Gasteiger partial charge on any atom is -0.456 e. The third-order valence-corrected chi connectivity index (χ3v) is 4.68. The molecule has 1 aromatic carbocycles. The highest BCUT2D eigenvalue weighted by molar-refractivity contribution is 6.29. The minimum absolute atomic E-state index is 0.382. The van der Waals surface area contributed by atoms with Gasteiger partial charge in [0, 0.05) is 23.2 Å². The molecule has 1 aliphatic heterocycles. The molecule has 0 bridgehead atoms. The van der Waals surface area contributed by atoms with Gasteiger partial charge in [0.05, 0.1) is 0 Å². The lowest BCUT2D eigenvalue weighted by atomic mass is 9.99. The molecule has 4 rings (SSSR count). The number of likely N-dealkylation sites (tertiary alicyclic amines) is 1. The Bertz CT molecular complexity index is 794. The van der Waals surface area contributed by atoms with E-state index in [-0.39, 0.29) is 0 Å². The fourth-order valence-corrected chi connectivity index (χ4v) is 3.50. The average molecular weight is 313 g/mol. The van der Waals surface area contributed by atoms with E-state index in [1.54, 1.807) is 0 Å². The van der Waals surface area contributed by atoms with Crippen molar-refractivity contribution in [3.05, 3.63) is 53.3 Å². The zero-order valence-electron chi connectivity index (χ0n) is 12.4. The van der Waals surface area contributed by atoms with Crippen LogP contribution in [0.5, 0.6) is 0 Å². The molecule has 2 aromatic heterocycles. The van der Waals surface area contributed by atoms with Gasteiger partial charge in [-0.2, -0.15) is 0 Å². The van der Waals surface area contributed by atoms with E-state index in [0.29, 0.717) is 11.2 Å². The van der Waals surface area contributed by atoms with Crippen LogP contribution in [0.25, 0.3) is 22.3 Å². The van der Waals surface area contributed by atoms with Crippen LogP contribution in [0.1, 0.15) is 24.4 Å². The molecule has 1 saturated heterocycles. The molecule has 0 radical (unpaired) electrons. The number of hydrogen-bond donors (Lipinski definition) is 0. The SMILES string of the molecule is CN1CCCC1c1cnc(Cl)cc1-c1cc2ccccc2o1. The van der Waals surface area contributed by atoms with Crippen molar-refractivity contribution in [2.24, 2.45) is 0 Å². The molecular weight excluding hydrogens is 296 g/mol. The highest BCUT2D eigenvalue weighted by atomic mass is 35.5. The number of hydrogen-bond acceptors (Lipinski definition) is 3. The van der Waals surface area contributed by atoms with Gasteiger partial charge in [-0.1, -0.05) is 29.8 Å². The molecule has 3 nitrogen and oxygen atoms in total. The van der Waals surface area contributed by atoms with Crippen molar-refractivity contribution in [1.82, 2.24) is 9.88 Å². The van der Waals surface area contributed by atoms with Crippen molar-refractivity contribution in [2.45, 2.75) is 18.9 Å². The van der Waals surface area contributed by atoms with Gasteiger partial charge in [-0.25, -0.2) is 4.98 Å². The van der Waals surface area contributed by atoms with E-state index in [0.717, 1.165) is 35.3 Å². The largest absolute Gasteiger partial charge is 0.456 e. The summed E-state index contributed by atoms with van der Waals surface area (Å²) in [6.07, 6.45) is 4.26. The van der Waals surface area contributed by atoms with Gasteiger partial charge in [-0.05, 0) is 50.2 Å². The van der Waals surface area contributed by atoms with Crippen molar-refractivity contribution in [2.75, 3.05) is 13.6 Å². The number of fused-ring (bicyclic) bond motifs is 1. The van der Waals surface area contributed by atoms with Gasteiger partial charge in [0.15, 0.2) is 0 Å². The summed E-state index contributed by atoms with van der Waals surface area (Å²) in [5.74, 6) is 0.862. The first kappa shape index (κ1) is 13.8. The lowest BCUT2D eigenvalue weighted by Gasteiger charge is -2.21. The second-order valence-electron chi connectivity index (χ2n) is 5.88. The van der Waals surface area contributed by atoms with Crippen LogP contribution >= 0.6 is 11.6 Å². The first-order valence-electron chi connectivity index (χ1n) is 7.57. The standard InChI is InChI=1S/C18H17ClN2O/c1-21-8-4-6-15(21)14-11-20-18(19)10-13(14)17-9-12-5-2-3-7-16(12)22-17/h2-3,5,7,9-11,15H,4,6,8H2,1H3. The fourth-order valence-electron chi connectivity index (χ4n) is 3.34. The van der Waals surface area contributed by atoms with E-state index in [1.807, 2.05) is 30.5 Å². The maximum absolute atomic E-state index is 6.14. The van der Waals surface area contributed by atoms with Crippen LogP contribution in [0.3, 0.4) is 0 Å². The molecule has 0 spiro atoms. The Morgan fingerprint density at radius 2 is 2.14 bits per heavy atom. The Balaban J connectivity index is 1.87. The lowest BCUT2D eigenvalue weighted by molar-refractivity contribution is 0.317. The van der Waals surface area contributed by atoms with Crippen molar-refractivity contribution >= 4 is 22.6 Å². The molecule has 3 aromatic rings. The summed E-state index contributed by atoms with van der Waals surface area (Å²) in [6.45, 7) is 1.12. The summed E-state index contributed by atoms with van der Waals surface area (Å²) in [4.78, 5) is 6.67. The maximum atomic E-state index is 6.14. The van der Waals surface area contributed by atoms with Gasteiger partial charge < -0.3 is 4.42 Å². The van der Waals surface area contributed by atoms with Crippen LogP contribution < -0.4 is 0 Å². The topological polar surface area (TPSA) is 29.3 Å². The molecule has 1 unspecified atom stereocenters. The van der Waals surface area contributed by atoms with Crippen LogP contribution in [0.15, 0.2) is 47.0 Å². The molecule has 0 amide bonds. The van der Waals surface area contributed by atoms with Crippen LogP contribution in [-0.2, 0) is 0 Å². The minimum atomic E-state index is 0.382. The number of benzene rings is 1. The molecule has 1 fully saturated rings. The van der Waals surface area contributed by atoms with Crippen LogP contribution in [0.4, 0.5) is 0 Å². The van der Waals surface area contributed by atoms with Gasteiger partial charge in [0.1, 0.15) is 16.5 Å². The zero-order chi connectivity index (χ0) is 15.1. The van der Waals surface area contributed by atoms with E-state index in [2.05, 4.69) is 29.1 Å². The molecule has 0 aliphatic carbocycles. The van der Waals surface area contributed by atoms with E-state index < -0.39 is 0 Å². The van der Waals surface area contributed by atoms with E-state index in [4.69, 9.17) is 16.0 Å². The quantitative estimate of drug-likeness (QED) is 0.629. The Kier molecular flexibility index (Phi) is 3.40. The number of rotatable bonds is 2. The highest BCUT2D eigenvalue weighted by Gasteiger charge is 2.26. The van der Waals surface area contributed by atoms with Crippen molar-refractivity contribution < 1.29 is 4.42 Å². The number of aromatic nitrogens is 1. The molecule has 22 heavy (non-hydrogen) atoms. The molecule has 4 heteroatoms. The summed E-state index contributed by atoms with van der Waals surface area (Å²) in [5, 5.41) is 1.61. The van der Waals surface area contributed by atoms with Gasteiger partial charge >= 0.3 is 0 Å². The monoisotopic (exact) mass is 312 g/mol. The molecule has 1 aliphatic rings. The summed E-state index contributed by atoms with van der Waals surface area (Å²) in [5.41, 5.74) is 3.15. The second kappa shape index (κ2) is 5.41. The Morgan fingerprint density at radius 1 is 1.27 bits per heavy atom. The van der Waals surface area contributed by atoms with Crippen LogP contribution in [-0.4, -0.2) is 23.5 Å². The van der Waals surface area contributed by atoms with Gasteiger partial charge in [-0.15, -0.1) is 0 Å². The Hall–Kier alpha value is -1.84. The molecule has 1 atom stereocenters. The molecule has 112 valence electrons. The van der Waals surface area contributed by atoms with Crippen LogP contribution in [0, 0.1) is 0 Å².